The highest BCUT2D eigenvalue weighted by Crippen LogP contribution is 2.17. The minimum absolute atomic E-state index is 0.370. The third-order valence-corrected chi connectivity index (χ3v) is 2.46. The monoisotopic (exact) mass is 206 g/mol. The molecule has 15 heavy (non-hydrogen) atoms. The Bertz CT molecular complexity index is 323. The van der Waals surface area contributed by atoms with Gasteiger partial charge in [0.1, 0.15) is 5.60 Å². The fourth-order valence-electron chi connectivity index (χ4n) is 1.48. The number of rotatable bonds is 4. The van der Waals surface area contributed by atoms with Crippen LogP contribution >= 0.6 is 0 Å². The smallest absolute Gasteiger partial charge is 0.151 e. The zero-order chi connectivity index (χ0) is 11.5. The Morgan fingerprint density at radius 3 is 2.27 bits per heavy atom. The van der Waals surface area contributed by atoms with Crippen LogP contribution in [0.1, 0.15) is 37.8 Å². The van der Waals surface area contributed by atoms with Crippen molar-refractivity contribution in [3.8, 4) is 0 Å². The Morgan fingerprint density at radius 2 is 1.87 bits per heavy atom. The number of benzene rings is 1. The largest absolute Gasteiger partial charge is 0.382 e. The maximum atomic E-state index is 10.6. The molecule has 1 atom stereocenters. The lowest BCUT2D eigenvalue weighted by atomic mass is 9.95. The van der Waals surface area contributed by atoms with Crippen LogP contribution in [0.5, 0.6) is 0 Å². The van der Waals surface area contributed by atoms with Gasteiger partial charge >= 0.3 is 0 Å². The van der Waals surface area contributed by atoms with Crippen LogP contribution < -0.4 is 0 Å². The first kappa shape index (κ1) is 11.9. The van der Waals surface area contributed by atoms with E-state index < -0.39 is 5.60 Å². The zero-order valence-corrected chi connectivity index (χ0v) is 9.53. The van der Waals surface area contributed by atoms with Crippen LogP contribution in [0.25, 0.3) is 0 Å². The van der Waals surface area contributed by atoms with E-state index in [9.17, 15) is 9.90 Å². The Hall–Kier alpha value is -1.15. The number of aldehydes is 1. The van der Waals surface area contributed by atoms with Gasteiger partial charge in [-0.05, 0) is 24.0 Å². The second kappa shape index (κ2) is 4.58. The molecule has 82 valence electrons. The first-order valence-corrected chi connectivity index (χ1v) is 5.22. The molecule has 0 aromatic heterocycles. The molecule has 0 aliphatic carbocycles. The molecule has 1 aromatic rings. The van der Waals surface area contributed by atoms with Crippen molar-refractivity contribution in [1.82, 2.24) is 0 Å². The van der Waals surface area contributed by atoms with E-state index in [0.29, 0.717) is 18.6 Å². The van der Waals surface area contributed by atoms with Crippen molar-refractivity contribution < 1.29 is 9.90 Å². The fraction of sp³-hybridized carbons (Fsp3) is 0.462. The van der Waals surface area contributed by atoms with Crippen molar-refractivity contribution in [2.45, 2.75) is 38.7 Å². The number of carbonyl (C=O) groups is 1. The van der Waals surface area contributed by atoms with Gasteiger partial charge in [-0.3, -0.25) is 0 Å². The number of aliphatic hydroxyl groups is 1. The van der Waals surface area contributed by atoms with Crippen LogP contribution in [0, 0.1) is 0 Å². The molecule has 0 bridgehead atoms. The molecule has 1 N–H and O–H groups in total. The van der Waals surface area contributed by atoms with E-state index >= 15 is 0 Å². The summed E-state index contributed by atoms with van der Waals surface area (Å²) in [6.45, 7) is 5.80. The van der Waals surface area contributed by atoms with Gasteiger partial charge in [0.2, 0.25) is 0 Å². The summed E-state index contributed by atoms with van der Waals surface area (Å²) in [6, 6.07) is 8.02. The van der Waals surface area contributed by atoms with Gasteiger partial charge in [-0.1, -0.05) is 38.1 Å². The topological polar surface area (TPSA) is 37.3 Å². The van der Waals surface area contributed by atoms with Crippen molar-refractivity contribution in [1.29, 1.82) is 0 Å². The lowest BCUT2D eigenvalue weighted by molar-refractivity contribution is -0.122. The lowest BCUT2D eigenvalue weighted by Crippen LogP contribution is -2.28. The number of carbonyl (C=O) groups excluding carboxylic acids is 1. The fourth-order valence-corrected chi connectivity index (χ4v) is 1.48. The van der Waals surface area contributed by atoms with Gasteiger partial charge in [0.15, 0.2) is 6.29 Å². The standard InChI is InChI=1S/C13H18O2/c1-10(2)12-6-4-11(5-7-12)8-13(3,15)9-14/h4-7,9-10,15H,8H2,1-3H3/t13-/m0/s1. The highest BCUT2D eigenvalue weighted by Gasteiger charge is 2.19. The first-order chi connectivity index (χ1) is 6.94. The minimum Gasteiger partial charge on any atom is -0.382 e. The molecule has 1 aromatic carbocycles. The molecular formula is C13H18O2. The van der Waals surface area contributed by atoms with Crippen LogP contribution in [-0.4, -0.2) is 17.0 Å². The van der Waals surface area contributed by atoms with Crippen LogP contribution in [0.2, 0.25) is 0 Å². The molecule has 0 spiro atoms. The highest BCUT2D eigenvalue weighted by atomic mass is 16.3. The summed E-state index contributed by atoms with van der Waals surface area (Å²) in [4.78, 5) is 10.6. The van der Waals surface area contributed by atoms with E-state index in [-0.39, 0.29) is 0 Å². The summed E-state index contributed by atoms with van der Waals surface area (Å²) in [6.07, 6.45) is 0.957. The van der Waals surface area contributed by atoms with E-state index in [0.717, 1.165) is 5.56 Å². The average molecular weight is 206 g/mol. The van der Waals surface area contributed by atoms with Crippen molar-refractivity contribution in [3.63, 3.8) is 0 Å². The molecule has 0 unspecified atom stereocenters. The number of hydrogen-bond donors (Lipinski definition) is 1. The lowest BCUT2D eigenvalue weighted by Gasteiger charge is -2.15. The quantitative estimate of drug-likeness (QED) is 0.767. The third kappa shape index (κ3) is 3.48. The SMILES string of the molecule is CC(C)c1ccc(C[C@](C)(O)C=O)cc1. The summed E-state index contributed by atoms with van der Waals surface area (Å²) >= 11 is 0. The molecule has 1 rings (SSSR count). The normalized spacial score (nSPS) is 15.0. The average Bonchev–Trinajstić information content (AvgIpc) is 2.18. The Kier molecular flexibility index (Phi) is 3.64. The van der Waals surface area contributed by atoms with Crippen molar-refractivity contribution in [3.05, 3.63) is 35.4 Å². The summed E-state index contributed by atoms with van der Waals surface area (Å²) in [5.41, 5.74) is 1.00. The predicted octanol–water partition coefficient (Wildman–Crippen LogP) is 2.30. The van der Waals surface area contributed by atoms with Crippen molar-refractivity contribution in [2.24, 2.45) is 0 Å². The van der Waals surface area contributed by atoms with Gasteiger partial charge in [0.25, 0.3) is 0 Å². The van der Waals surface area contributed by atoms with E-state index in [2.05, 4.69) is 13.8 Å². The molecule has 0 aliphatic rings. The Balaban J connectivity index is 2.77. The maximum absolute atomic E-state index is 10.6. The molecule has 0 fully saturated rings. The van der Waals surface area contributed by atoms with Gasteiger partial charge in [-0.25, -0.2) is 0 Å². The summed E-state index contributed by atoms with van der Waals surface area (Å²) in [5.74, 6) is 0.505. The van der Waals surface area contributed by atoms with Crippen LogP contribution in [-0.2, 0) is 11.2 Å². The van der Waals surface area contributed by atoms with Crippen molar-refractivity contribution in [2.75, 3.05) is 0 Å². The maximum Gasteiger partial charge on any atom is 0.151 e. The van der Waals surface area contributed by atoms with Gasteiger partial charge in [0.05, 0.1) is 0 Å². The van der Waals surface area contributed by atoms with E-state index in [4.69, 9.17) is 0 Å². The minimum atomic E-state index is -1.25. The summed E-state index contributed by atoms with van der Waals surface area (Å²) in [5, 5.41) is 9.59. The number of hydrogen-bond acceptors (Lipinski definition) is 2. The van der Waals surface area contributed by atoms with E-state index in [1.54, 1.807) is 0 Å². The third-order valence-electron chi connectivity index (χ3n) is 2.46. The highest BCUT2D eigenvalue weighted by molar-refractivity contribution is 5.62. The predicted molar refractivity (Wildman–Crippen MR) is 60.9 cm³/mol. The van der Waals surface area contributed by atoms with Gasteiger partial charge in [0, 0.05) is 6.42 Å². The van der Waals surface area contributed by atoms with Crippen LogP contribution in [0.3, 0.4) is 0 Å². The second-order valence-electron chi connectivity index (χ2n) is 4.55. The Labute approximate surface area is 90.9 Å². The molecular weight excluding hydrogens is 188 g/mol. The first-order valence-electron chi connectivity index (χ1n) is 5.22. The van der Waals surface area contributed by atoms with Gasteiger partial charge in [-0.15, -0.1) is 0 Å². The molecule has 0 saturated carbocycles. The summed E-state index contributed by atoms with van der Waals surface area (Å²) in [7, 11) is 0. The molecule has 0 radical (unpaired) electrons. The molecule has 0 amide bonds. The second-order valence-corrected chi connectivity index (χ2v) is 4.55. The van der Waals surface area contributed by atoms with Gasteiger partial charge in [-0.2, -0.15) is 0 Å². The van der Waals surface area contributed by atoms with E-state index in [1.165, 1.54) is 12.5 Å². The molecule has 0 saturated heterocycles. The van der Waals surface area contributed by atoms with Gasteiger partial charge < -0.3 is 9.90 Å². The molecule has 2 nitrogen and oxygen atoms in total. The molecule has 0 heterocycles. The summed E-state index contributed by atoms with van der Waals surface area (Å²) < 4.78 is 0. The molecule has 0 aliphatic heterocycles. The van der Waals surface area contributed by atoms with Crippen LogP contribution in [0.15, 0.2) is 24.3 Å². The van der Waals surface area contributed by atoms with Crippen LogP contribution in [0.4, 0.5) is 0 Å². The zero-order valence-electron chi connectivity index (χ0n) is 9.53. The van der Waals surface area contributed by atoms with E-state index in [1.807, 2.05) is 24.3 Å². The Morgan fingerprint density at radius 1 is 1.33 bits per heavy atom. The molecule has 2 heteroatoms. The van der Waals surface area contributed by atoms with Crippen molar-refractivity contribution >= 4 is 6.29 Å².